The van der Waals surface area contributed by atoms with E-state index in [-0.39, 0.29) is 5.41 Å². The molecule has 0 unspecified atom stereocenters. The summed E-state index contributed by atoms with van der Waals surface area (Å²) in [5, 5.41) is 0. The highest BCUT2D eigenvalue weighted by molar-refractivity contribution is 5.20. The molecule has 2 heteroatoms. The van der Waals surface area contributed by atoms with Crippen LogP contribution in [0.2, 0.25) is 0 Å². The second-order valence-electron chi connectivity index (χ2n) is 3.92. The molecule has 0 aliphatic rings. The zero-order chi connectivity index (χ0) is 9.19. The lowest BCUT2D eigenvalue weighted by molar-refractivity contribution is 0.475. The molecule has 0 atom stereocenters. The number of nitrogens with zero attached hydrogens (tertiary/aromatic N) is 1. The van der Waals surface area contributed by atoms with Crippen LogP contribution in [0.5, 0.6) is 0 Å². The molecule has 0 fully saturated rings. The van der Waals surface area contributed by atoms with Crippen LogP contribution in [0.25, 0.3) is 0 Å². The van der Waals surface area contributed by atoms with Crippen LogP contribution in [-0.4, -0.2) is 4.98 Å². The lowest BCUT2D eigenvalue weighted by Crippen LogP contribution is -2.11. The Morgan fingerprint density at radius 3 is 2.33 bits per heavy atom. The average molecular weight is 167 g/mol. The van der Waals surface area contributed by atoms with Crippen molar-refractivity contribution in [1.82, 2.24) is 4.98 Å². The molecule has 0 spiro atoms. The minimum atomic E-state index is -0.482. The van der Waals surface area contributed by atoms with Gasteiger partial charge in [-0.05, 0) is 17.0 Å². The van der Waals surface area contributed by atoms with E-state index in [4.69, 9.17) is 0 Å². The highest BCUT2D eigenvalue weighted by atomic mass is 19.1. The molecule has 0 saturated heterocycles. The fourth-order valence-electron chi connectivity index (χ4n) is 0.947. The van der Waals surface area contributed by atoms with Crippen molar-refractivity contribution >= 4 is 0 Å². The molecule has 0 saturated carbocycles. The Labute approximate surface area is 72.6 Å². The highest BCUT2D eigenvalue weighted by Crippen LogP contribution is 2.20. The van der Waals surface area contributed by atoms with Gasteiger partial charge in [0.25, 0.3) is 0 Å². The fourth-order valence-corrected chi connectivity index (χ4v) is 0.947. The van der Waals surface area contributed by atoms with E-state index in [0.717, 1.165) is 5.56 Å². The molecule has 0 amide bonds. The van der Waals surface area contributed by atoms with Crippen LogP contribution >= 0.6 is 0 Å². The van der Waals surface area contributed by atoms with Gasteiger partial charge in [-0.3, -0.25) is 4.98 Å². The fraction of sp³-hybridized carbons (Fsp3) is 0.500. The summed E-state index contributed by atoms with van der Waals surface area (Å²) in [7, 11) is 0. The molecule has 0 bridgehead atoms. The third-order valence-electron chi connectivity index (χ3n) is 1.83. The maximum atomic E-state index is 12.1. The minimum absolute atomic E-state index is 0.0991. The summed E-state index contributed by atoms with van der Waals surface area (Å²) in [5.41, 5.74) is 1.74. The summed E-state index contributed by atoms with van der Waals surface area (Å²) in [6.07, 6.45) is 1.74. The molecule has 66 valence electrons. The Hall–Kier alpha value is -0.920. The van der Waals surface area contributed by atoms with Gasteiger partial charge < -0.3 is 0 Å². The minimum Gasteiger partial charge on any atom is -0.258 e. The number of halogens is 1. The Kier molecular flexibility index (Phi) is 2.46. The van der Waals surface area contributed by atoms with E-state index < -0.39 is 6.67 Å². The predicted octanol–water partition coefficient (Wildman–Crippen LogP) is 2.85. The zero-order valence-corrected chi connectivity index (χ0v) is 7.76. The van der Waals surface area contributed by atoms with Crippen LogP contribution in [-0.2, 0) is 12.1 Å². The van der Waals surface area contributed by atoms with E-state index >= 15 is 0 Å². The maximum Gasteiger partial charge on any atom is 0.131 e. The van der Waals surface area contributed by atoms with Crippen LogP contribution in [0.4, 0.5) is 4.39 Å². The van der Waals surface area contributed by atoms with Gasteiger partial charge >= 0.3 is 0 Å². The summed E-state index contributed by atoms with van der Waals surface area (Å²) in [6, 6.07) is 3.67. The van der Waals surface area contributed by atoms with Crippen LogP contribution < -0.4 is 0 Å². The van der Waals surface area contributed by atoms with Gasteiger partial charge in [-0.2, -0.15) is 0 Å². The first-order valence-corrected chi connectivity index (χ1v) is 4.05. The molecule has 0 aliphatic heterocycles. The van der Waals surface area contributed by atoms with Crippen LogP contribution in [0.3, 0.4) is 0 Å². The van der Waals surface area contributed by atoms with Gasteiger partial charge in [0, 0.05) is 6.20 Å². The zero-order valence-electron chi connectivity index (χ0n) is 7.76. The predicted molar refractivity (Wildman–Crippen MR) is 47.7 cm³/mol. The molecular formula is C10H14FN. The number of rotatable bonds is 1. The number of alkyl halides is 1. The number of aromatic nitrogens is 1. The Morgan fingerprint density at radius 1 is 1.33 bits per heavy atom. The van der Waals surface area contributed by atoms with E-state index in [2.05, 4.69) is 25.8 Å². The van der Waals surface area contributed by atoms with E-state index in [9.17, 15) is 4.39 Å². The number of pyridine rings is 1. The molecule has 0 radical (unpaired) electrons. The SMILES string of the molecule is CC(C)(C)c1ccc(CF)nc1. The molecule has 12 heavy (non-hydrogen) atoms. The Balaban J connectivity index is 2.93. The van der Waals surface area contributed by atoms with Crippen molar-refractivity contribution in [2.75, 3.05) is 0 Å². The van der Waals surface area contributed by atoms with Crippen molar-refractivity contribution in [1.29, 1.82) is 0 Å². The second-order valence-corrected chi connectivity index (χ2v) is 3.92. The van der Waals surface area contributed by atoms with Crippen LogP contribution in [0.15, 0.2) is 18.3 Å². The van der Waals surface area contributed by atoms with Crippen molar-refractivity contribution in [3.63, 3.8) is 0 Å². The molecule has 1 heterocycles. The second kappa shape index (κ2) is 3.21. The van der Waals surface area contributed by atoms with Crippen LogP contribution in [0, 0.1) is 0 Å². The maximum absolute atomic E-state index is 12.1. The van der Waals surface area contributed by atoms with E-state index in [1.165, 1.54) is 0 Å². The van der Waals surface area contributed by atoms with Gasteiger partial charge in [-0.15, -0.1) is 0 Å². The monoisotopic (exact) mass is 167 g/mol. The highest BCUT2D eigenvalue weighted by Gasteiger charge is 2.13. The van der Waals surface area contributed by atoms with Gasteiger partial charge in [-0.1, -0.05) is 26.8 Å². The lowest BCUT2D eigenvalue weighted by atomic mass is 9.88. The number of hydrogen-bond donors (Lipinski definition) is 0. The first kappa shape index (κ1) is 9.17. The molecule has 1 rings (SSSR count). The molecule has 1 aromatic heterocycles. The van der Waals surface area contributed by atoms with Crippen molar-refractivity contribution in [2.45, 2.75) is 32.9 Å². The van der Waals surface area contributed by atoms with Gasteiger partial charge in [0.15, 0.2) is 0 Å². The summed E-state index contributed by atoms with van der Waals surface area (Å²) < 4.78 is 12.1. The van der Waals surface area contributed by atoms with Crippen molar-refractivity contribution in [3.8, 4) is 0 Å². The largest absolute Gasteiger partial charge is 0.258 e. The molecule has 0 aliphatic carbocycles. The van der Waals surface area contributed by atoms with Crippen molar-refractivity contribution < 1.29 is 4.39 Å². The Bertz CT molecular complexity index is 246. The normalized spacial score (nSPS) is 11.7. The average Bonchev–Trinajstić information content (AvgIpc) is 2.03. The summed E-state index contributed by atoms with van der Waals surface area (Å²) in [4.78, 5) is 3.99. The Morgan fingerprint density at radius 2 is 2.00 bits per heavy atom. The quantitative estimate of drug-likeness (QED) is 0.626. The molecular weight excluding hydrogens is 153 g/mol. The summed E-state index contributed by atoms with van der Waals surface area (Å²) >= 11 is 0. The van der Waals surface area contributed by atoms with Crippen LogP contribution in [0.1, 0.15) is 32.0 Å². The third kappa shape index (κ3) is 2.03. The first-order valence-electron chi connectivity index (χ1n) is 4.05. The van der Waals surface area contributed by atoms with Gasteiger partial charge in [0.1, 0.15) is 6.67 Å². The van der Waals surface area contributed by atoms with Crippen molar-refractivity contribution in [2.24, 2.45) is 0 Å². The molecule has 0 N–H and O–H groups in total. The summed E-state index contributed by atoms with van der Waals surface area (Å²) in [6.45, 7) is 5.85. The van der Waals surface area contributed by atoms with Gasteiger partial charge in [0.05, 0.1) is 5.69 Å². The number of hydrogen-bond acceptors (Lipinski definition) is 1. The van der Waals surface area contributed by atoms with E-state index in [1.807, 2.05) is 6.07 Å². The first-order chi connectivity index (χ1) is 5.54. The molecule has 1 aromatic rings. The third-order valence-corrected chi connectivity index (χ3v) is 1.83. The van der Waals surface area contributed by atoms with Crippen molar-refractivity contribution in [3.05, 3.63) is 29.6 Å². The topological polar surface area (TPSA) is 12.9 Å². The summed E-state index contributed by atoms with van der Waals surface area (Å²) in [5.74, 6) is 0. The lowest BCUT2D eigenvalue weighted by Gasteiger charge is -2.18. The molecule has 1 nitrogen and oxygen atoms in total. The molecule has 0 aromatic carbocycles. The standard InChI is InChI=1S/C10H14FN/c1-10(2,3)8-4-5-9(6-11)12-7-8/h4-5,7H,6H2,1-3H3. The smallest absolute Gasteiger partial charge is 0.131 e. The van der Waals surface area contributed by atoms with E-state index in [1.54, 1.807) is 12.3 Å². The van der Waals surface area contributed by atoms with Gasteiger partial charge in [0.2, 0.25) is 0 Å². The van der Waals surface area contributed by atoms with E-state index in [0.29, 0.717) is 5.69 Å². The van der Waals surface area contributed by atoms with Gasteiger partial charge in [-0.25, -0.2) is 4.39 Å².